The number of rotatable bonds is 19. The fourth-order valence-electron chi connectivity index (χ4n) is 5.99. The van der Waals surface area contributed by atoms with Gasteiger partial charge in [0.15, 0.2) is 0 Å². The van der Waals surface area contributed by atoms with E-state index < -0.39 is 42.3 Å². The van der Waals surface area contributed by atoms with Gasteiger partial charge >= 0.3 is 5.92 Å². The summed E-state index contributed by atoms with van der Waals surface area (Å²) in [5.74, 6) is -4.60. The minimum absolute atomic E-state index is 0.0180. The number of aryl methyl sites for hydroxylation is 2. The molecule has 2 unspecified atom stereocenters. The molecule has 0 aromatic carbocycles. The van der Waals surface area contributed by atoms with Gasteiger partial charge in [0.25, 0.3) is 0 Å². The summed E-state index contributed by atoms with van der Waals surface area (Å²) in [5.41, 5.74) is -0.110. The number of nitrogens with zero attached hydrogens (tertiary/aromatic N) is 2. The van der Waals surface area contributed by atoms with Crippen molar-refractivity contribution in [2.45, 2.75) is 141 Å². The van der Waals surface area contributed by atoms with E-state index in [-0.39, 0.29) is 36.2 Å². The van der Waals surface area contributed by atoms with E-state index >= 15 is 13.2 Å². The van der Waals surface area contributed by atoms with Crippen LogP contribution < -0.4 is 0 Å². The monoisotopic (exact) mass is 594 g/mol. The number of unbranched alkanes of at least 4 members (excludes halogenated alkanes) is 9. The molecule has 8 heteroatoms. The van der Waals surface area contributed by atoms with E-state index in [1.807, 2.05) is 0 Å². The number of fused-ring (bicyclic) bond motifs is 1. The highest BCUT2D eigenvalue weighted by Gasteiger charge is 2.49. The molecule has 2 heterocycles. The van der Waals surface area contributed by atoms with E-state index in [1.54, 1.807) is 12.1 Å². The van der Waals surface area contributed by atoms with Crippen molar-refractivity contribution in [3.63, 3.8) is 0 Å². The van der Waals surface area contributed by atoms with Crippen LogP contribution in [0.15, 0.2) is 18.2 Å². The molecule has 42 heavy (non-hydrogen) atoms. The maximum Gasteiger partial charge on any atom is 0.303 e. The van der Waals surface area contributed by atoms with Gasteiger partial charge in [0.05, 0.1) is 23.6 Å². The molecule has 0 bridgehead atoms. The molecule has 1 fully saturated rings. The number of aromatic nitrogens is 2. The number of ether oxygens (including phenoxy) is 1. The standard InChI is InChI=1S/C34H47F5N2O/c1-2-3-4-12-15-27(35)23-42-30-21-19-26-22-29(41-33(37)31(26)34(30,38)39)28-20-18-25(32(36)40-28)14-11-9-7-5-6-8-10-13-24-16-17-24/h18,20,22,24,27,30H,2-17,19,21,23H2,1H3. The Kier molecular flexibility index (Phi) is 12.6. The zero-order valence-corrected chi connectivity index (χ0v) is 25.1. The lowest BCUT2D eigenvalue weighted by Gasteiger charge is -2.33. The van der Waals surface area contributed by atoms with Gasteiger partial charge in [0, 0.05) is 5.56 Å². The van der Waals surface area contributed by atoms with Crippen molar-refractivity contribution in [3.05, 3.63) is 46.8 Å². The van der Waals surface area contributed by atoms with Gasteiger partial charge in [-0.3, -0.25) is 0 Å². The van der Waals surface area contributed by atoms with Crippen LogP contribution >= 0.6 is 0 Å². The van der Waals surface area contributed by atoms with Crippen molar-refractivity contribution in [1.82, 2.24) is 9.97 Å². The summed E-state index contributed by atoms with van der Waals surface area (Å²) in [6.45, 7) is 1.62. The summed E-state index contributed by atoms with van der Waals surface area (Å²) in [6, 6.07) is 4.56. The molecular weight excluding hydrogens is 547 g/mol. The lowest BCUT2D eigenvalue weighted by molar-refractivity contribution is -0.160. The van der Waals surface area contributed by atoms with Crippen molar-refractivity contribution in [2.24, 2.45) is 5.92 Å². The second kappa shape index (κ2) is 16.1. The second-order valence-corrected chi connectivity index (χ2v) is 12.4. The Morgan fingerprint density at radius 1 is 0.857 bits per heavy atom. The zero-order chi connectivity index (χ0) is 30.0. The molecule has 0 radical (unpaired) electrons. The Morgan fingerprint density at radius 2 is 1.55 bits per heavy atom. The number of alkyl halides is 3. The summed E-state index contributed by atoms with van der Waals surface area (Å²) in [7, 11) is 0. The zero-order valence-electron chi connectivity index (χ0n) is 25.1. The van der Waals surface area contributed by atoms with Crippen LogP contribution in [-0.2, 0) is 23.5 Å². The maximum absolute atomic E-state index is 15.3. The molecule has 2 aliphatic rings. The highest BCUT2D eigenvalue weighted by atomic mass is 19.3. The smallest absolute Gasteiger partial charge is 0.303 e. The number of halogens is 5. The fourth-order valence-corrected chi connectivity index (χ4v) is 5.99. The first kappa shape index (κ1) is 32.8. The normalized spacial score (nSPS) is 18.7. The Balaban J connectivity index is 1.27. The van der Waals surface area contributed by atoms with Gasteiger partial charge in [-0.2, -0.15) is 17.6 Å². The molecule has 4 rings (SSSR count). The third-order valence-corrected chi connectivity index (χ3v) is 8.76. The number of hydrogen-bond acceptors (Lipinski definition) is 3. The maximum atomic E-state index is 15.3. The van der Waals surface area contributed by atoms with Crippen LogP contribution in [-0.4, -0.2) is 28.9 Å². The first-order chi connectivity index (χ1) is 20.3. The summed E-state index contributed by atoms with van der Waals surface area (Å²) < 4.78 is 79.8. The molecule has 2 aliphatic carbocycles. The molecule has 1 saturated carbocycles. The van der Waals surface area contributed by atoms with E-state index in [9.17, 15) is 8.78 Å². The predicted octanol–water partition coefficient (Wildman–Crippen LogP) is 10.2. The molecule has 2 aromatic rings. The van der Waals surface area contributed by atoms with Crippen LogP contribution in [0.4, 0.5) is 22.0 Å². The largest absolute Gasteiger partial charge is 0.369 e. The van der Waals surface area contributed by atoms with Gasteiger partial charge in [-0.15, -0.1) is 0 Å². The lowest BCUT2D eigenvalue weighted by atomic mass is 9.86. The fraction of sp³-hybridized carbons (Fsp3) is 0.706. The average Bonchev–Trinajstić information content (AvgIpc) is 3.78. The van der Waals surface area contributed by atoms with E-state index in [4.69, 9.17) is 4.74 Å². The third-order valence-electron chi connectivity index (χ3n) is 8.76. The van der Waals surface area contributed by atoms with Crippen molar-refractivity contribution >= 4 is 0 Å². The topological polar surface area (TPSA) is 35.0 Å². The van der Waals surface area contributed by atoms with Crippen LogP contribution in [0.3, 0.4) is 0 Å². The van der Waals surface area contributed by atoms with Crippen LogP contribution in [0.5, 0.6) is 0 Å². The molecule has 0 N–H and O–H groups in total. The highest BCUT2D eigenvalue weighted by Crippen LogP contribution is 2.44. The number of hydrogen-bond donors (Lipinski definition) is 0. The molecule has 234 valence electrons. The summed E-state index contributed by atoms with van der Waals surface area (Å²) in [6.07, 6.45) is 13.9. The van der Waals surface area contributed by atoms with Crippen LogP contribution in [0.2, 0.25) is 0 Å². The predicted molar refractivity (Wildman–Crippen MR) is 156 cm³/mol. The van der Waals surface area contributed by atoms with Gasteiger partial charge < -0.3 is 4.74 Å². The summed E-state index contributed by atoms with van der Waals surface area (Å²) in [5, 5.41) is 0. The molecule has 0 amide bonds. The Labute approximate surface area is 248 Å². The Morgan fingerprint density at radius 3 is 2.26 bits per heavy atom. The summed E-state index contributed by atoms with van der Waals surface area (Å²) >= 11 is 0. The molecule has 0 aliphatic heterocycles. The van der Waals surface area contributed by atoms with Crippen LogP contribution in [0.25, 0.3) is 11.4 Å². The molecule has 3 nitrogen and oxygen atoms in total. The first-order valence-corrected chi connectivity index (χ1v) is 16.3. The van der Waals surface area contributed by atoms with Gasteiger partial charge in [-0.1, -0.05) is 96.5 Å². The minimum atomic E-state index is -3.65. The Bertz CT molecular complexity index is 1120. The van der Waals surface area contributed by atoms with E-state index in [0.717, 1.165) is 44.4 Å². The molecular formula is C34H47F5N2O. The van der Waals surface area contributed by atoms with Crippen molar-refractivity contribution in [3.8, 4) is 11.4 Å². The SMILES string of the molecule is CCCCCCC(F)COC1CCc2cc(-c3ccc(CCCCCCCCCC4CC4)c(F)n3)nc(F)c2C1(F)F. The molecule has 0 spiro atoms. The van der Waals surface area contributed by atoms with E-state index in [2.05, 4.69) is 16.9 Å². The van der Waals surface area contributed by atoms with Crippen molar-refractivity contribution < 1.29 is 26.7 Å². The average molecular weight is 595 g/mol. The van der Waals surface area contributed by atoms with Crippen molar-refractivity contribution in [2.75, 3.05) is 6.61 Å². The third kappa shape index (κ3) is 9.45. The van der Waals surface area contributed by atoms with Crippen LogP contribution in [0.1, 0.15) is 126 Å². The number of pyridine rings is 2. The minimum Gasteiger partial charge on any atom is -0.369 e. The second-order valence-electron chi connectivity index (χ2n) is 12.4. The Hall–Kier alpha value is -2.09. The van der Waals surface area contributed by atoms with Gasteiger partial charge in [0.1, 0.15) is 12.3 Å². The quantitative estimate of drug-likeness (QED) is 0.0922. The molecule has 2 atom stereocenters. The lowest BCUT2D eigenvalue weighted by Crippen LogP contribution is -2.40. The first-order valence-electron chi connectivity index (χ1n) is 16.3. The van der Waals surface area contributed by atoms with Gasteiger partial charge in [0.2, 0.25) is 11.9 Å². The summed E-state index contributed by atoms with van der Waals surface area (Å²) in [4.78, 5) is 7.72. The van der Waals surface area contributed by atoms with E-state index in [0.29, 0.717) is 18.4 Å². The van der Waals surface area contributed by atoms with Crippen molar-refractivity contribution in [1.29, 1.82) is 0 Å². The van der Waals surface area contributed by atoms with E-state index in [1.165, 1.54) is 51.0 Å². The molecule has 0 saturated heterocycles. The van der Waals surface area contributed by atoms with Gasteiger partial charge in [-0.25, -0.2) is 14.4 Å². The van der Waals surface area contributed by atoms with Crippen LogP contribution in [0, 0.1) is 17.8 Å². The highest BCUT2D eigenvalue weighted by molar-refractivity contribution is 5.57. The molecule has 2 aromatic heterocycles. The van der Waals surface area contributed by atoms with Gasteiger partial charge in [-0.05, 0) is 55.7 Å².